The molecule has 0 aliphatic heterocycles. The van der Waals surface area contributed by atoms with Gasteiger partial charge in [0.05, 0.1) is 0 Å². The minimum atomic E-state index is 0.896. The van der Waals surface area contributed by atoms with Crippen molar-refractivity contribution in [2.75, 3.05) is 6.54 Å². The summed E-state index contributed by atoms with van der Waals surface area (Å²) in [5.41, 5.74) is 1.19. The molecule has 0 radical (unpaired) electrons. The summed E-state index contributed by atoms with van der Waals surface area (Å²) in [5.74, 6) is 0. The van der Waals surface area contributed by atoms with E-state index in [-0.39, 0.29) is 0 Å². The fourth-order valence-corrected chi connectivity index (χ4v) is 0.678. The number of aliphatic imine (C=N–C) groups is 1. The zero-order valence-corrected chi connectivity index (χ0v) is 6.52. The van der Waals surface area contributed by atoms with Gasteiger partial charge in [0.1, 0.15) is 0 Å². The fourth-order valence-electron chi connectivity index (χ4n) is 0.678. The van der Waals surface area contributed by atoms with Gasteiger partial charge in [-0.1, -0.05) is 13.0 Å². The molecule has 0 atom stereocenters. The van der Waals surface area contributed by atoms with Crippen molar-refractivity contribution in [2.45, 2.75) is 27.2 Å². The lowest BCUT2D eigenvalue weighted by atomic mass is 10.3. The Labute approximate surface area is 57.5 Å². The molecule has 0 aromatic rings. The average Bonchev–Trinajstić information content (AvgIpc) is 1.88. The summed E-state index contributed by atoms with van der Waals surface area (Å²) in [5, 5.41) is 0. The van der Waals surface area contributed by atoms with Gasteiger partial charge in [0.15, 0.2) is 0 Å². The van der Waals surface area contributed by atoms with E-state index < -0.39 is 0 Å². The lowest BCUT2D eigenvalue weighted by molar-refractivity contribution is 1.10. The van der Waals surface area contributed by atoms with Gasteiger partial charge in [-0.05, 0) is 26.3 Å². The largest absolute Gasteiger partial charge is 0.290 e. The minimum Gasteiger partial charge on any atom is -0.290 e. The topological polar surface area (TPSA) is 12.4 Å². The van der Waals surface area contributed by atoms with E-state index in [4.69, 9.17) is 0 Å². The van der Waals surface area contributed by atoms with E-state index in [2.05, 4.69) is 24.9 Å². The van der Waals surface area contributed by atoms with E-state index in [0.717, 1.165) is 13.0 Å². The Balaban J connectivity index is 3.81. The molecule has 0 saturated carbocycles. The second-order valence-corrected chi connectivity index (χ2v) is 1.82. The normalized spacial score (nSPS) is 13.0. The van der Waals surface area contributed by atoms with E-state index in [1.807, 2.05) is 13.0 Å². The summed E-state index contributed by atoms with van der Waals surface area (Å²) in [6.45, 7) is 7.09. The summed E-state index contributed by atoms with van der Waals surface area (Å²) in [6.07, 6.45) is 5.12. The molecule has 0 bridgehead atoms. The van der Waals surface area contributed by atoms with Crippen LogP contribution in [-0.4, -0.2) is 12.3 Å². The molecule has 0 amide bonds. The third kappa shape index (κ3) is 3.95. The van der Waals surface area contributed by atoms with Gasteiger partial charge in [0.25, 0.3) is 0 Å². The SMILES string of the molecule is C/C=C/C(CC)=NCC. The zero-order valence-electron chi connectivity index (χ0n) is 6.52. The van der Waals surface area contributed by atoms with Gasteiger partial charge >= 0.3 is 0 Å². The number of hydrogen-bond acceptors (Lipinski definition) is 1. The van der Waals surface area contributed by atoms with Gasteiger partial charge in [-0.15, -0.1) is 0 Å². The van der Waals surface area contributed by atoms with Crippen LogP contribution in [0.1, 0.15) is 27.2 Å². The summed E-state index contributed by atoms with van der Waals surface area (Å²) in [7, 11) is 0. The van der Waals surface area contributed by atoms with Gasteiger partial charge in [-0.2, -0.15) is 0 Å². The number of hydrogen-bond donors (Lipinski definition) is 0. The van der Waals surface area contributed by atoms with Crippen molar-refractivity contribution in [3.8, 4) is 0 Å². The maximum atomic E-state index is 4.26. The van der Waals surface area contributed by atoms with E-state index in [1.54, 1.807) is 0 Å². The molecule has 0 unspecified atom stereocenters. The summed E-state index contributed by atoms with van der Waals surface area (Å²) in [4.78, 5) is 4.26. The number of rotatable bonds is 3. The van der Waals surface area contributed by atoms with Crippen LogP contribution in [0, 0.1) is 0 Å². The van der Waals surface area contributed by atoms with Crippen LogP contribution in [0.15, 0.2) is 17.1 Å². The molecule has 0 fully saturated rings. The summed E-state index contributed by atoms with van der Waals surface area (Å²) < 4.78 is 0. The molecule has 52 valence electrons. The fraction of sp³-hybridized carbons (Fsp3) is 0.625. The lowest BCUT2D eigenvalue weighted by Crippen LogP contribution is -1.90. The first kappa shape index (κ1) is 8.41. The van der Waals surface area contributed by atoms with Crippen LogP contribution in [0.25, 0.3) is 0 Å². The Morgan fingerprint density at radius 1 is 1.44 bits per heavy atom. The van der Waals surface area contributed by atoms with Crippen molar-refractivity contribution in [2.24, 2.45) is 4.99 Å². The monoisotopic (exact) mass is 125 g/mol. The van der Waals surface area contributed by atoms with Gasteiger partial charge in [0.2, 0.25) is 0 Å². The van der Waals surface area contributed by atoms with Crippen molar-refractivity contribution < 1.29 is 0 Å². The van der Waals surface area contributed by atoms with E-state index in [9.17, 15) is 0 Å². The van der Waals surface area contributed by atoms with Gasteiger partial charge in [-0.25, -0.2) is 0 Å². The molecule has 0 N–H and O–H groups in total. The van der Waals surface area contributed by atoms with E-state index >= 15 is 0 Å². The van der Waals surface area contributed by atoms with Crippen molar-refractivity contribution in [1.29, 1.82) is 0 Å². The van der Waals surface area contributed by atoms with Crippen molar-refractivity contribution in [3.63, 3.8) is 0 Å². The molecule has 9 heavy (non-hydrogen) atoms. The molecule has 0 heterocycles. The highest BCUT2D eigenvalue weighted by atomic mass is 14.7. The number of allylic oxidation sites excluding steroid dienone is 2. The predicted octanol–water partition coefficient (Wildman–Crippen LogP) is 2.43. The van der Waals surface area contributed by atoms with Crippen LogP contribution in [0.3, 0.4) is 0 Å². The van der Waals surface area contributed by atoms with Crippen molar-refractivity contribution in [1.82, 2.24) is 0 Å². The van der Waals surface area contributed by atoms with Crippen LogP contribution >= 0.6 is 0 Å². The third-order valence-electron chi connectivity index (χ3n) is 1.08. The first-order valence-electron chi connectivity index (χ1n) is 3.51. The Hall–Kier alpha value is -0.590. The maximum absolute atomic E-state index is 4.26. The Morgan fingerprint density at radius 3 is 2.44 bits per heavy atom. The standard InChI is InChI=1S/C8H15N/c1-4-7-8(5-2)9-6-3/h4,7H,5-6H2,1-3H3/b7-4+,9-8?. The van der Waals surface area contributed by atoms with Crippen LogP contribution in [0.2, 0.25) is 0 Å². The maximum Gasteiger partial charge on any atom is 0.0364 e. The smallest absolute Gasteiger partial charge is 0.0364 e. The molecular weight excluding hydrogens is 110 g/mol. The van der Waals surface area contributed by atoms with Crippen LogP contribution in [0.4, 0.5) is 0 Å². The molecule has 0 aromatic heterocycles. The highest BCUT2D eigenvalue weighted by Gasteiger charge is 1.84. The van der Waals surface area contributed by atoms with Crippen LogP contribution in [-0.2, 0) is 0 Å². The van der Waals surface area contributed by atoms with Crippen LogP contribution < -0.4 is 0 Å². The minimum absolute atomic E-state index is 0.896. The summed E-state index contributed by atoms with van der Waals surface area (Å²) >= 11 is 0. The quantitative estimate of drug-likeness (QED) is 0.514. The second-order valence-electron chi connectivity index (χ2n) is 1.82. The molecule has 0 aromatic carbocycles. The van der Waals surface area contributed by atoms with Crippen molar-refractivity contribution >= 4 is 5.71 Å². The molecule has 0 rings (SSSR count). The Morgan fingerprint density at radius 2 is 2.11 bits per heavy atom. The molecule has 1 nitrogen and oxygen atoms in total. The molecule has 0 aliphatic rings. The van der Waals surface area contributed by atoms with E-state index in [1.165, 1.54) is 5.71 Å². The van der Waals surface area contributed by atoms with Gasteiger partial charge in [-0.3, -0.25) is 4.99 Å². The van der Waals surface area contributed by atoms with Crippen LogP contribution in [0.5, 0.6) is 0 Å². The molecule has 1 heteroatoms. The Kier molecular flexibility index (Phi) is 5.18. The highest BCUT2D eigenvalue weighted by Crippen LogP contribution is 1.87. The van der Waals surface area contributed by atoms with Gasteiger partial charge < -0.3 is 0 Å². The van der Waals surface area contributed by atoms with E-state index in [0.29, 0.717) is 0 Å². The lowest BCUT2D eigenvalue weighted by Gasteiger charge is -1.91. The summed E-state index contributed by atoms with van der Waals surface area (Å²) in [6, 6.07) is 0. The molecular formula is C8H15N. The number of nitrogens with zero attached hydrogens (tertiary/aromatic N) is 1. The van der Waals surface area contributed by atoms with Crippen molar-refractivity contribution in [3.05, 3.63) is 12.2 Å². The first-order chi connectivity index (χ1) is 4.35. The first-order valence-corrected chi connectivity index (χ1v) is 3.51. The predicted molar refractivity (Wildman–Crippen MR) is 43.1 cm³/mol. The van der Waals surface area contributed by atoms with Gasteiger partial charge in [0, 0.05) is 12.3 Å². The molecule has 0 spiro atoms. The molecule has 0 saturated heterocycles. The second kappa shape index (κ2) is 5.54. The zero-order chi connectivity index (χ0) is 7.11. The average molecular weight is 125 g/mol. The Bertz CT molecular complexity index is 112. The molecule has 0 aliphatic carbocycles. The third-order valence-corrected chi connectivity index (χ3v) is 1.08. The highest BCUT2D eigenvalue weighted by molar-refractivity contribution is 5.94.